The zero-order valence-electron chi connectivity index (χ0n) is 15.0. The summed E-state index contributed by atoms with van der Waals surface area (Å²) in [5.74, 6) is -1.68. The minimum atomic E-state index is -3.94. The zero-order valence-corrected chi connectivity index (χ0v) is 16.6. The number of hydrogen-bond donors (Lipinski definition) is 2. The van der Waals surface area contributed by atoms with Crippen LogP contribution in [0.3, 0.4) is 0 Å². The van der Waals surface area contributed by atoms with Crippen LogP contribution >= 0.6 is 11.6 Å². The van der Waals surface area contributed by atoms with Crippen molar-refractivity contribution in [1.82, 2.24) is 0 Å². The number of sulfonamides is 1. The molecular formula is C19H13ClFN3O5S. The highest BCUT2D eigenvalue weighted by atomic mass is 35.5. The second-order valence-corrected chi connectivity index (χ2v) is 8.08. The van der Waals surface area contributed by atoms with E-state index in [1.807, 2.05) is 0 Å². The van der Waals surface area contributed by atoms with E-state index in [0.717, 1.165) is 12.1 Å². The molecule has 11 heteroatoms. The lowest BCUT2D eigenvalue weighted by Crippen LogP contribution is -2.15. The summed E-state index contributed by atoms with van der Waals surface area (Å²) in [5, 5.41) is 13.4. The maximum atomic E-state index is 13.4. The van der Waals surface area contributed by atoms with Crippen LogP contribution in [0.2, 0.25) is 5.02 Å². The van der Waals surface area contributed by atoms with E-state index in [9.17, 15) is 27.7 Å². The first kappa shape index (κ1) is 21.2. The lowest BCUT2D eigenvalue weighted by atomic mass is 10.2. The molecule has 0 saturated carbocycles. The van der Waals surface area contributed by atoms with Crippen molar-refractivity contribution in [3.63, 3.8) is 0 Å². The molecule has 30 heavy (non-hydrogen) atoms. The van der Waals surface area contributed by atoms with Crippen LogP contribution in [0, 0.1) is 15.9 Å². The van der Waals surface area contributed by atoms with Crippen molar-refractivity contribution >= 4 is 44.6 Å². The minimum Gasteiger partial charge on any atom is -0.322 e. The van der Waals surface area contributed by atoms with Crippen molar-refractivity contribution in [3.05, 3.63) is 93.2 Å². The van der Waals surface area contributed by atoms with Crippen LogP contribution in [0.25, 0.3) is 0 Å². The summed E-state index contributed by atoms with van der Waals surface area (Å²) >= 11 is 5.96. The van der Waals surface area contributed by atoms with Gasteiger partial charge in [-0.15, -0.1) is 0 Å². The molecule has 1 amide bonds. The van der Waals surface area contributed by atoms with Gasteiger partial charge in [0.1, 0.15) is 0 Å². The number of carbonyl (C=O) groups is 1. The first-order valence-corrected chi connectivity index (χ1v) is 10.2. The van der Waals surface area contributed by atoms with Gasteiger partial charge in [-0.2, -0.15) is 4.39 Å². The van der Waals surface area contributed by atoms with Gasteiger partial charge in [-0.05, 0) is 48.5 Å². The van der Waals surface area contributed by atoms with Gasteiger partial charge >= 0.3 is 5.69 Å². The average Bonchev–Trinajstić information content (AvgIpc) is 2.71. The quantitative estimate of drug-likeness (QED) is 0.426. The molecule has 0 spiro atoms. The molecule has 3 aromatic carbocycles. The van der Waals surface area contributed by atoms with Gasteiger partial charge in [0.25, 0.3) is 15.9 Å². The molecule has 0 aliphatic rings. The second kappa shape index (κ2) is 8.47. The van der Waals surface area contributed by atoms with Gasteiger partial charge in [0.05, 0.1) is 20.5 Å². The Labute approximate surface area is 175 Å². The molecule has 0 radical (unpaired) electrons. The van der Waals surface area contributed by atoms with Crippen molar-refractivity contribution in [3.8, 4) is 0 Å². The van der Waals surface area contributed by atoms with Crippen molar-refractivity contribution in [2.75, 3.05) is 10.0 Å². The Hall–Kier alpha value is -3.50. The molecule has 0 unspecified atom stereocenters. The Morgan fingerprint density at radius 1 is 1.03 bits per heavy atom. The monoisotopic (exact) mass is 449 g/mol. The topological polar surface area (TPSA) is 118 Å². The van der Waals surface area contributed by atoms with Gasteiger partial charge in [0.15, 0.2) is 0 Å². The van der Waals surface area contributed by atoms with Gasteiger partial charge in [-0.25, -0.2) is 8.42 Å². The van der Waals surface area contributed by atoms with Crippen molar-refractivity contribution in [1.29, 1.82) is 0 Å². The van der Waals surface area contributed by atoms with E-state index in [1.54, 1.807) is 12.1 Å². The van der Waals surface area contributed by atoms with Crippen LogP contribution < -0.4 is 10.0 Å². The second-order valence-electron chi connectivity index (χ2n) is 5.99. The highest BCUT2D eigenvalue weighted by Gasteiger charge is 2.18. The molecule has 0 aliphatic heterocycles. The van der Waals surface area contributed by atoms with Crippen molar-refractivity contribution in [2.24, 2.45) is 0 Å². The van der Waals surface area contributed by atoms with Crippen LogP contribution in [0.15, 0.2) is 71.6 Å². The SMILES string of the molecule is O=C(Nc1ccc(F)c([N+](=O)[O-])c1)c1ccc(S(=O)(=O)Nc2ccccc2Cl)cc1. The van der Waals surface area contributed by atoms with Crippen molar-refractivity contribution < 1.29 is 22.5 Å². The number of carbonyl (C=O) groups excluding carboxylic acids is 1. The predicted molar refractivity (Wildman–Crippen MR) is 110 cm³/mol. The van der Waals surface area contributed by atoms with Gasteiger partial charge in [-0.3, -0.25) is 19.6 Å². The average molecular weight is 450 g/mol. The molecule has 0 atom stereocenters. The molecule has 0 aromatic heterocycles. The normalized spacial score (nSPS) is 11.0. The summed E-state index contributed by atoms with van der Waals surface area (Å²) in [4.78, 5) is 22.1. The minimum absolute atomic E-state index is 0.0187. The lowest BCUT2D eigenvalue weighted by molar-refractivity contribution is -0.387. The number of anilines is 2. The number of nitro benzene ring substituents is 1. The molecule has 3 rings (SSSR count). The van der Waals surface area contributed by atoms with Gasteiger partial charge < -0.3 is 5.32 Å². The van der Waals surface area contributed by atoms with Gasteiger partial charge in [0.2, 0.25) is 5.82 Å². The number of para-hydroxylation sites is 1. The van der Waals surface area contributed by atoms with E-state index in [2.05, 4.69) is 10.0 Å². The summed E-state index contributed by atoms with van der Waals surface area (Å²) in [6, 6.07) is 14.2. The fourth-order valence-corrected chi connectivity index (χ4v) is 3.79. The summed E-state index contributed by atoms with van der Waals surface area (Å²) in [6.07, 6.45) is 0. The highest BCUT2D eigenvalue weighted by molar-refractivity contribution is 7.92. The molecule has 0 fully saturated rings. The number of rotatable bonds is 6. The van der Waals surface area contributed by atoms with Crippen LogP contribution in [-0.4, -0.2) is 19.2 Å². The largest absolute Gasteiger partial charge is 0.322 e. The Morgan fingerprint density at radius 2 is 1.70 bits per heavy atom. The molecule has 0 heterocycles. The molecule has 2 N–H and O–H groups in total. The fraction of sp³-hybridized carbons (Fsp3) is 0. The smallest absolute Gasteiger partial charge is 0.306 e. The Morgan fingerprint density at radius 3 is 2.33 bits per heavy atom. The van der Waals surface area contributed by atoms with Crippen LogP contribution in [0.5, 0.6) is 0 Å². The third-order valence-electron chi connectivity index (χ3n) is 3.95. The Balaban J connectivity index is 1.77. The summed E-state index contributed by atoms with van der Waals surface area (Å²) in [7, 11) is -3.94. The summed E-state index contributed by atoms with van der Waals surface area (Å²) < 4.78 is 40.7. The van der Waals surface area contributed by atoms with Gasteiger partial charge in [0, 0.05) is 17.3 Å². The number of benzene rings is 3. The molecule has 0 aliphatic carbocycles. The number of nitrogens with one attached hydrogen (secondary N) is 2. The first-order chi connectivity index (χ1) is 14.2. The van der Waals surface area contributed by atoms with Gasteiger partial charge in [-0.1, -0.05) is 23.7 Å². The lowest BCUT2D eigenvalue weighted by Gasteiger charge is -2.10. The zero-order chi connectivity index (χ0) is 21.9. The summed E-state index contributed by atoms with van der Waals surface area (Å²) in [5.41, 5.74) is -0.456. The number of halogens is 2. The Bertz CT molecular complexity index is 1230. The maximum absolute atomic E-state index is 13.4. The molecule has 3 aromatic rings. The number of amides is 1. The van der Waals surface area contributed by atoms with E-state index in [4.69, 9.17) is 11.6 Å². The van der Waals surface area contributed by atoms with Crippen LogP contribution in [0.1, 0.15) is 10.4 Å². The van der Waals surface area contributed by atoms with E-state index in [0.29, 0.717) is 0 Å². The summed E-state index contributed by atoms with van der Waals surface area (Å²) in [6.45, 7) is 0. The van der Waals surface area contributed by atoms with E-state index < -0.39 is 32.4 Å². The predicted octanol–water partition coefficient (Wildman–Crippen LogP) is 4.44. The standard InChI is InChI=1S/C19H13ClFN3O5S/c20-15-3-1-2-4-17(15)23-30(28,29)14-8-5-12(6-9-14)19(25)22-13-7-10-16(21)18(11-13)24(26)27/h1-11,23H,(H,22,25). The molecular weight excluding hydrogens is 437 g/mol. The highest BCUT2D eigenvalue weighted by Crippen LogP contribution is 2.25. The van der Waals surface area contributed by atoms with E-state index in [-0.39, 0.29) is 26.9 Å². The molecule has 0 saturated heterocycles. The number of nitro groups is 1. The van der Waals surface area contributed by atoms with E-state index >= 15 is 0 Å². The third kappa shape index (κ3) is 4.73. The fourth-order valence-electron chi connectivity index (χ4n) is 2.47. The third-order valence-corrected chi connectivity index (χ3v) is 5.66. The van der Waals surface area contributed by atoms with Crippen LogP contribution in [-0.2, 0) is 10.0 Å². The Kier molecular flexibility index (Phi) is 5.99. The molecule has 154 valence electrons. The van der Waals surface area contributed by atoms with E-state index in [1.165, 1.54) is 42.5 Å². The number of hydrogen-bond acceptors (Lipinski definition) is 5. The molecule has 8 nitrogen and oxygen atoms in total. The van der Waals surface area contributed by atoms with Crippen molar-refractivity contribution in [2.45, 2.75) is 4.90 Å². The van der Waals surface area contributed by atoms with Crippen LogP contribution in [0.4, 0.5) is 21.5 Å². The maximum Gasteiger partial charge on any atom is 0.306 e. The first-order valence-electron chi connectivity index (χ1n) is 8.30. The number of nitrogens with zero attached hydrogens (tertiary/aromatic N) is 1. The molecule has 0 bridgehead atoms.